The molecule has 144 valence electrons. The van der Waals surface area contributed by atoms with Gasteiger partial charge in [0.25, 0.3) is 5.91 Å². The SMILES string of the molecule is CNC(=O)c1ccc(CN(C)C(C)C(=O)NCCc2ccc(F)cc2)cc1. The number of benzene rings is 2. The Balaban J connectivity index is 1.81. The number of hydrogen-bond donors (Lipinski definition) is 2. The fourth-order valence-corrected chi connectivity index (χ4v) is 2.66. The summed E-state index contributed by atoms with van der Waals surface area (Å²) in [6, 6.07) is 13.3. The van der Waals surface area contributed by atoms with Crippen LogP contribution in [0.2, 0.25) is 0 Å². The summed E-state index contributed by atoms with van der Waals surface area (Å²) in [5.41, 5.74) is 2.61. The molecule has 2 rings (SSSR count). The summed E-state index contributed by atoms with van der Waals surface area (Å²) in [6.45, 7) is 2.95. The maximum atomic E-state index is 12.9. The summed E-state index contributed by atoms with van der Waals surface area (Å²) < 4.78 is 12.9. The molecule has 0 aliphatic rings. The normalized spacial score (nSPS) is 11.9. The number of hydrogen-bond acceptors (Lipinski definition) is 3. The number of amides is 2. The summed E-state index contributed by atoms with van der Waals surface area (Å²) in [5, 5.41) is 5.50. The van der Waals surface area contributed by atoms with E-state index in [9.17, 15) is 14.0 Å². The molecule has 0 radical (unpaired) electrons. The van der Waals surface area contributed by atoms with Crippen LogP contribution in [-0.4, -0.2) is 43.4 Å². The summed E-state index contributed by atoms with van der Waals surface area (Å²) in [7, 11) is 3.48. The maximum absolute atomic E-state index is 12.9. The Morgan fingerprint density at radius 1 is 1.04 bits per heavy atom. The second-order valence-corrected chi connectivity index (χ2v) is 6.53. The van der Waals surface area contributed by atoms with E-state index in [2.05, 4.69) is 10.6 Å². The monoisotopic (exact) mass is 371 g/mol. The minimum absolute atomic E-state index is 0.0541. The van der Waals surface area contributed by atoms with Gasteiger partial charge in [0.15, 0.2) is 0 Å². The first kappa shape index (κ1) is 20.6. The minimum Gasteiger partial charge on any atom is -0.355 e. The third kappa shape index (κ3) is 6.18. The Kier molecular flexibility index (Phi) is 7.49. The molecule has 0 heterocycles. The lowest BCUT2D eigenvalue weighted by Crippen LogP contribution is -2.43. The molecule has 2 amide bonds. The van der Waals surface area contributed by atoms with Gasteiger partial charge in [-0.05, 0) is 55.8 Å². The molecule has 0 aromatic heterocycles. The first-order valence-corrected chi connectivity index (χ1v) is 8.94. The molecular weight excluding hydrogens is 345 g/mol. The summed E-state index contributed by atoms with van der Waals surface area (Å²) >= 11 is 0. The number of nitrogens with zero attached hydrogens (tertiary/aromatic N) is 1. The number of rotatable bonds is 8. The quantitative estimate of drug-likeness (QED) is 0.749. The van der Waals surface area contributed by atoms with Crippen LogP contribution in [0.25, 0.3) is 0 Å². The van der Waals surface area contributed by atoms with Gasteiger partial charge in [0.2, 0.25) is 5.91 Å². The molecule has 1 unspecified atom stereocenters. The van der Waals surface area contributed by atoms with Gasteiger partial charge in [-0.25, -0.2) is 4.39 Å². The molecule has 0 saturated heterocycles. The summed E-state index contributed by atoms with van der Waals surface area (Å²) in [4.78, 5) is 25.9. The molecule has 0 saturated carbocycles. The van der Waals surface area contributed by atoms with Crippen molar-refractivity contribution in [2.24, 2.45) is 0 Å². The number of likely N-dealkylation sites (N-methyl/N-ethyl adjacent to an activating group) is 1. The van der Waals surface area contributed by atoms with E-state index < -0.39 is 0 Å². The van der Waals surface area contributed by atoms with E-state index in [0.29, 0.717) is 25.1 Å². The fourth-order valence-electron chi connectivity index (χ4n) is 2.66. The molecule has 6 heteroatoms. The van der Waals surface area contributed by atoms with Gasteiger partial charge in [0.05, 0.1) is 6.04 Å². The van der Waals surface area contributed by atoms with Crippen LogP contribution in [0, 0.1) is 5.82 Å². The molecule has 1 atom stereocenters. The molecule has 0 fully saturated rings. The van der Waals surface area contributed by atoms with Crippen LogP contribution in [0.15, 0.2) is 48.5 Å². The highest BCUT2D eigenvalue weighted by molar-refractivity contribution is 5.93. The van der Waals surface area contributed by atoms with Crippen LogP contribution in [-0.2, 0) is 17.8 Å². The van der Waals surface area contributed by atoms with E-state index in [1.54, 1.807) is 31.3 Å². The highest BCUT2D eigenvalue weighted by atomic mass is 19.1. The van der Waals surface area contributed by atoms with E-state index in [1.165, 1.54) is 12.1 Å². The van der Waals surface area contributed by atoms with Gasteiger partial charge in [-0.2, -0.15) is 0 Å². The summed E-state index contributed by atoms with van der Waals surface area (Å²) in [6.07, 6.45) is 0.656. The van der Waals surface area contributed by atoms with Crippen molar-refractivity contribution >= 4 is 11.8 Å². The fraction of sp³-hybridized carbons (Fsp3) is 0.333. The average Bonchev–Trinajstić information content (AvgIpc) is 2.68. The second kappa shape index (κ2) is 9.83. The van der Waals surface area contributed by atoms with Crippen LogP contribution in [0.4, 0.5) is 4.39 Å². The van der Waals surface area contributed by atoms with E-state index in [-0.39, 0.29) is 23.7 Å². The van der Waals surface area contributed by atoms with Gasteiger partial charge >= 0.3 is 0 Å². The molecule has 0 spiro atoms. The van der Waals surface area contributed by atoms with Crippen LogP contribution in [0.3, 0.4) is 0 Å². The Labute approximate surface area is 159 Å². The number of carbonyl (C=O) groups excluding carboxylic acids is 2. The highest BCUT2D eigenvalue weighted by Crippen LogP contribution is 2.09. The lowest BCUT2D eigenvalue weighted by molar-refractivity contribution is -0.125. The van der Waals surface area contributed by atoms with Crippen molar-refractivity contribution in [3.8, 4) is 0 Å². The van der Waals surface area contributed by atoms with Gasteiger partial charge in [-0.1, -0.05) is 24.3 Å². The Morgan fingerprint density at radius 3 is 2.22 bits per heavy atom. The van der Waals surface area contributed by atoms with Crippen LogP contribution in [0.1, 0.15) is 28.4 Å². The Morgan fingerprint density at radius 2 is 1.63 bits per heavy atom. The first-order chi connectivity index (χ1) is 12.9. The Bertz CT molecular complexity index is 760. The van der Waals surface area contributed by atoms with E-state index in [1.807, 2.05) is 31.0 Å². The lowest BCUT2D eigenvalue weighted by Gasteiger charge is -2.24. The van der Waals surface area contributed by atoms with Crippen molar-refractivity contribution in [3.05, 3.63) is 71.0 Å². The second-order valence-electron chi connectivity index (χ2n) is 6.53. The molecule has 0 bridgehead atoms. The van der Waals surface area contributed by atoms with Crippen molar-refractivity contribution in [3.63, 3.8) is 0 Å². The lowest BCUT2D eigenvalue weighted by atomic mass is 10.1. The average molecular weight is 371 g/mol. The molecule has 2 N–H and O–H groups in total. The zero-order valence-corrected chi connectivity index (χ0v) is 16.0. The molecule has 2 aromatic rings. The Hall–Kier alpha value is -2.73. The van der Waals surface area contributed by atoms with Gasteiger partial charge in [-0.3, -0.25) is 14.5 Å². The molecular formula is C21H26FN3O2. The number of halogens is 1. The van der Waals surface area contributed by atoms with Crippen molar-refractivity contribution in [2.75, 3.05) is 20.6 Å². The zero-order chi connectivity index (χ0) is 19.8. The van der Waals surface area contributed by atoms with E-state index in [0.717, 1.165) is 11.1 Å². The van der Waals surface area contributed by atoms with Gasteiger partial charge in [0.1, 0.15) is 5.82 Å². The van der Waals surface area contributed by atoms with Crippen LogP contribution < -0.4 is 10.6 Å². The van der Waals surface area contributed by atoms with Crippen molar-refractivity contribution in [2.45, 2.75) is 25.9 Å². The van der Waals surface area contributed by atoms with Crippen molar-refractivity contribution < 1.29 is 14.0 Å². The predicted molar refractivity (Wildman–Crippen MR) is 104 cm³/mol. The zero-order valence-electron chi connectivity index (χ0n) is 16.0. The van der Waals surface area contributed by atoms with Crippen molar-refractivity contribution in [1.29, 1.82) is 0 Å². The molecule has 0 aliphatic carbocycles. The van der Waals surface area contributed by atoms with Crippen LogP contribution >= 0.6 is 0 Å². The molecule has 5 nitrogen and oxygen atoms in total. The van der Waals surface area contributed by atoms with Crippen LogP contribution in [0.5, 0.6) is 0 Å². The van der Waals surface area contributed by atoms with Gasteiger partial charge in [0, 0.05) is 25.7 Å². The number of carbonyl (C=O) groups is 2. The topological polar surface area (TPSA) is 61.4 Å². The summed E-state index contributed by atoms with van der Waals surface area (Å²) in [5.74, 6) is -0.438. The van der Waals surface area contributed by atoms with Crippen molar-refractivity contribution in [1.82, 2.24) is 15.5 Å². The predicted octanol–water partition coefficient (Wildman–Crippen LogP) is 2.36. The smallest absolute Gasteiger partial charge is 0.251 e. The highest BCUT2D eigenvalue weighted by Gasteiger charge is 2.17. The molecule has 2 aromatic carbocycles. The standard InChI is InChI=1S/C21H26FN3O2/c1-15(20(26)24-13-12-16-6-10-19(22)11-7-16)25(3)14-17-4-8-18(9-5-17)21(27)23-2/h4-11,15H,12-14H2,1-3H3,(H,23,27)(H,24,26). The first-order valence-electron chi connectivity index (χ1n) is 8.94. The molecule has 27 heavy (non-hydrogen) atoms. The van der Waals surface area contributed by atoms with E-state index >= 15 is 0 Å². The minimum atomic E-state index is -0.295. The number of nitrogens with one attached hydrogen (secondary N) is 2. The van der Waals surface area contributed by atoms with Gasteiger partial charge < -0.3 is 10.6 Å². The third-order valence-corrected chi connectivity index (χ3v) is 4.54. The van der Waals surface area contributed by atoms with E-state index in [4.69, 9.17) is 0 Å². The third-order valence-electron chi connectivity index (χ3n) is 4.54. The van der Waals surface area contributed by atoms with Gasteiger partial charge in [-0.15, -0.1) is 0 Å². The maximum Gasteiger partial charge on any atom is 0.251 e. The molecule has 0 aliphatic heterocycles. The largest absolute Gasteiger partial charge is 0.355 e.